The molecular weight excluding hydrogens is 348 g/mol. The predicted molar refractivity (Wildman–Crippen MR) is 113 cm³/mol. The zero-order valence-corrected chi connectivity index (χ0v) is 17.5. The molecule has 1 heterocycles. The normalized spacial score (nSPS) is 16.0. The van der Waals surface area contributed by atoms with Crippen LogP contribution >= 0.6 is 0 Å². The van der Waals surface area contributed by atoms with E-state index in [-0.39, 0.29) is 11.8 Å². The van der Waals surface area contributed by atoms with Crippen molar-refractivity contribution in [1.29, 1.82) is 0 Å². The summed E-state index contributed by atoms with van der Waals surface area (Å²) >= 11 is 0. The molecule has 0 unspecified atom stereocenters. The molecule has 0 radical (unpaired) electrons. The summed E-state index contributed by atoms with van der Waals surface area (Å²) in [5.41, 5.74) is 4.68. The molecule has 3 rings (SSSR count). The van der Waals surface area contributed by atoms with Gasteiger partial charge < -0.3 is 10.2 Å². The Kier molecular flexibility index (Phi) is 6.65. The van der Waals surface area contributed by atoms with Gasteiger partial charge in [-0.25, -0.2) is 9.97 Å². The largest absolute Gasteiger partial charge is 0.352 e. The first-order valence-corrected chi connectivity index (χ1v) is 10.5. The van der Waals surface area contributed by atoms with Gasteiger partial charge in [0.2, 0.25) is 11.9 Å². The van der Waals surface area contributed by atoms with Crippen LogP contribution in [0.1, 0.15) is 62.4 Å². The Morgan fingerprint density at radius 1 is 1.21 bits per heavy atom. The monoisotopic (exact) mass is 380 g/mol. The van der Waals surface area contributed by atoms with Crippen LogP contribution in [0.3, 0.4) is 0 Å². The Morgan fingerprint density at radius 2 is 1.93 bits per heavy atom. The maximum Gasteiger partial charge on any atom is 0.225 e. The van der Waals surface area contributed by atoms with Crippen molar-refractivity contribution in [1.82, 2.24) is 15.3 Å². The molecule has 1 N–H and O–H groups in total. The zero-order chi connectivity index (χ0) is 20.1. The van der Waals surface area contributed by atoms with Crippen molar-refractivity contribution >= 4 is 11.9 Å². The Balaban J connectivity index is 1.58. The number of aryl methyl sites for hydroxylation is 1. The summed E-state index contributed by atoms with van der Waals surface area (Å²) in [6.07, 6.45) is 4.33. The van der Waals surface area contributed by atoms with Crippen LogP contribution in [-0.2, 0) is 24.2 Å². The average Bonchev–Trinajstić information content (AvgIpc) is 2.72. The molecule has 1 atom stereocenters. The number of fused-ring (bicyclic) bond motifs is 1. The van der Waals surface area contributed by atoms with Crippen LogP contribution in [-0.4, -0.2) is 29.0 Å². The second kappa shape index (κ2) is 9.18. The highest BCUT2D eigenvalue weighted by molar-refractivity contribution is 5.79. The van der Waals surface area contributed by atoms with Gasteiger partial charge in [0.25, 0.3) is 0 Å². The number of amides is 1. The van der Waals surface area contributed by atoms with E-state index in [1.54, 1.807) is 0 Å². The van der Waals surface area contributed by atoms with E-state index in [2.05, 4.69) is 67.2 Å². The van der Waals surface area contributed by atoms with Crippen molar-refractivity contribution in [3.8, 4) is 0 Å². The van der Waals surface area contributed by atoms with E-state index in [4.69, 9.17) is 4.98 Å². The van der Waals surface area contributed by atoms with Gasteiger partial charge in [0.15, 0.2) is 0 Å². The van der Waals surface area contributed by atoms with Crippen molar-refractivity contribution in [3.05, 3.63) is 52.8 Å². The van der Waals surface area contributed by atoms with Gasteiger partial charge in [-0.2, -0.15) is 0 Å². The van der Waals surface area contributed by atoms with Crippen molar-refractivity contribution in [2.75, 3.05) is 18.0 Å². The molecule has 1 aromatic carbocycles. The fraction of sp³-hybridized carbons (Fsp3) is 0.522. The van der Waals surface area contributed by atoms with Gasteiger partial charge in [-0.1, -0.05) is 38.1 Å². The fourth-order valence-electron chi connectivity index (χ4n) is 3.73. The number of carbonyl (C=O) groups excluding carboxylic acids is 1. The van der Waals surface area contributed by atoms with Crippen molar-refractivity contribution in [3.63, 3.8) is 0 Å². The molecule has 1 aromatic heterocycles. The maximum atomic E-state index is 12.7. The third-order valence-electron chi connectivity index (χ3n) is 5.67. The Hall–Kier alpha value is -2.43. The summed E-state index contributed by atoms with van der Waals surface area (Å²) in [7, 11) is 0. The molecule has 1 aliphatic carbocycles. The van der Waals surface area contributed by atoms with E-state index in [1.807, 2.05) is 6.20 Å². The van der Waals surface area contributed by atoms with E-state index in [1.165, 1.54) is 5.56 Å². The van der Waals surface area contributed by atoms with Crippen LogP contribution in [0.5, 0.6) is 0 Å². The lowest BCUT2D eigenvalue weighted by Gasteiger charge is -2.25. The lowest BCUT2D eigenvalue weighted by molar-refractivity contribution is -0.125. The summed E-state index contributed by atoms with van der Waals surface area (Å²) in [6, 6.07) is 8.50. The highest BCUT2D eigenvalue weighted by atomic mass is 16.1. The van der Waals surface area contributed by atoms with Crippen LogP contribution in [0, 0.1) is 5.92 Å². The van der Waals surface area contributed by atoms with Crippen LogP contribution in [0.15, 0.2) is 30.5 Å². The lowest BCUT2D eigenvalue weighted by atomic mass is 9.86. The maximum absolute atomic E-state index is 12.7. The average molecular weight is 381 g/mol. The first-order chi connectivity index (χ1) is 13.5. The van der Waals surface area contributed by atoms with Crippen LogP contribution in [0.2, 0.25) is 0 Å². The summed E-state index contributed by atoms with van der Waals surface area (Å²) in [5.74, 6) is 1.46. The summed E-state index contributed by atoms with van der Waals surface area (Å²) in [4.78, 5) is 24.1. The lowest BCUT2D eigenvalue weighted by Crippen LogP contribution is -2.34. The molecule has 1 amide bonds. The highest BCUT2D eigenvalue weighted by Gasteiger charge is 2.26. The third kappa shape index (κ3) is 4.70. The summed E-state index contributed by atoms with van der Waals surface area (Å²) < 4.78 is 0. The third-order valence-corrected chi connectivity index (χ3v) is 5.67. The fourth-order valence-corrected chi connectivity index (χ4v) is 3.73. The molecule has 150 valence electrons. The highest BCUT2D eigenvalue weighted by Crippen LogP contribution is 2.25. The molecule has 5 nitrogen and oxygen atoms in total. The second-order valence-corrected chi connectivity index (χ2v) is 7.87. The van der Waals surface area contributed by atoms with Gasteiger partial charge in [-0.15, -0.1) is 0 Å². The number of hydrogen-bond acceptors (Lipinski definition) is 4. The molecule has 28 heavy (non-hydrogen) atoms. The molecule has 5 heteroatoms. The minimum Gasteiger partial charge on any atom is -0.352 e. The van der Waals surface area contributed by atoms with Crippen molar-refractivity contribution < 1.29 is 4.79 Å². The molecule has 0 fully saturated rings. The molecule has 0 aliphatic heterocycles. The van der Waals surface area contributed by atoms with Crippen LogP contribution < -0.4 is 10.2 Å². The van der Waals surface area contributed by atoms with Gasteiger partial charge in [-0.3, -0.25) is 4.79 Å². The molecule has 0 saturated heterocycles. The zero-order valence-electron chi connectivity index (χ0n) is 17.5. The van der Waals surface area contributed by atoms with E-state index < -0.39 is 0 Å². The first kappa shape index (κ1) is 20.3. The van der Waals surface area contributed by atoms with E-state index >= 15 is 0 Å². The SMILES string of the molecule is CCN(CC)c1ncc2c(n1)CC[C@H](C(=O)NCc1ccc(C(C)C)cc1)C2. The number of rotatable bonds is 7. The second-order valence-electron chi connectivity index (χ2n) is 7.87. The van der Waals surface area contributed by atoms with Crippen molar-refractivity contribution in [2.45, 2.75) is 59.4 Å². The summed E-state index contributed by atoms with van der Waals surface area (Å²) in [5, 5.41) is 3.11. The Bertz CT molecular complexity index is 797. The van der Waals surface area contributed by atoms with Gasteiger partial charge in [0.05, 0.1) is 0 Å². The number of hydrogen-bond donors (Lipinski definition) is 1. The standard InChI is InChI=1S/C23H32N4O/c1-5-27(6-2)23-25-15-20-13-19(11-12-21(20)26-23)22(28)24-14-17-7-9-18(10-8-17)16(3)4/h7-10,15-16,19H,5-6,11-14H2,1-4H3,(H,24,28)/t19-/m0/s1. The van der Waals surface area contributed by atoms with E-state index in [0.29, 0.717) is 12.5 Å². The Labute approximate surface area is 168 Å². The number of benzene rings is 1. The smallest absolute Gasteiger partial charge is 0.225 e. The van der Waals surface area contributed by atoms with E-state index in [9.17, 15) is 4.79 Å². The van der Waals surface area contributed by atoms with Crippen LogP contribution in [0.25, 0.3) is 0 Å². The summed E-state index contributed by atoms with van der Waals surface area (Å²) in [6.45, 7) is 11.0. The quantitative estimate of drug-likeness (QED) is 0.792. The molecule has 1 aliphatic rings. The van der Waals surface area contributed by atoms with Crippen molar-refractivity contribution in [2.24, 2.45) is 5.92 Å². The first-order valence-electron chi connectivity index (χ1n) is 10.5. The molecule has 0 bridgehead atoms. The topological polar surface area (TPSA) is 58.1 Å². The van der Waals surface area contributed by atoms with E-state index in [0.717, 1.165) is 55.1 Å². The predicted octanol–water partition coefficient (Wildman–Crippen LogP) is 3.87. The number of nitrogens with one attached hydrogen (secondary N) is 1. The number of aromatic nitrogens is 2. The minimum atomic E-state index is 0.00494. The van der Waals surface area contributed by atoms with Gasteiger partial charge >= 0.3 is 0 Å². The molecular formula is C23H32N4O. The van der Waals surface area contributed by atoms with Gasteiger partial charge in [0, 0.05) is 37.4 Å². The minimum absolute atomic E-state index is 0.00494. The van der Waals surface area contributed by atoms with Gasteiger partial charge in [-0.05, 0) is 55.7 Å². The molecule has 2 aromatic rings. The van der Waals surface area contributed by atoms with Crippen LogP contribution in [0.4, 0.5) is 5.95 Å². The van der Waals surface area contributed by atoms with Gasteiger partial charge in [0.1, 0.15) is 0 Å². The number of anilines is 1. The molecule has 0 spiro atoms. The number of nitrogens with zero attached hydrogens (tertiary/aromatic N) is 3. The Morgan fingerprint density at radius 3 is 2.57 bits per heavy atom. The molecule has 0 saturated carbocycles. The number of carbonyl (C=O) groups is 1.